The maximum Gasteiger partial charge on any atom is 0.336 e. The number of carbonyl (C=O) groups is 3. The van der Waals surface area contributed by atoms with Gasteiger partial charge in [0.15, 0.2) is 11.5 Å². The molecule has 1 aromatic rings. The van der Waals surface area contributed by atoms with E-state index < -0.39 is 60.4 Å². The highest BCUT2D eigenvalue weighted by Gasteiger charge is 2.57. The molecular weight excluding hydrogens is 612 g/mol. The number of carboxylic acids is 1. The number of phenols is 1. The Bertz CT molecular complexity index is 1350. The third-order valence-electron chi connectivity index (χ3n) is 9.44. The number of nitrogens with zero attached hydrogens (tertiary/aromatic N) is 2. The molecule has 0 radical (unpaired) electrons. The highest BCUT2D eigenvalue weighted by Crippen LogP contribution is 2.43. The highest BCUT2D eigenvalue weighted by atomic mass is 16.6. The summed E-state index contributed by atoms with van der Waals surface area (Å²) in [6.07, 6.45) is -5.85. The first-order valence-electron chi connectivity index (χ1n) is 16.0. The van der Waals surface area contributed by atoms with E-state index in [1.54, 1.807) is 13.8 Å². The summed E-state index contributed by atoms with van der Waals surface area (Å²) in [6.45, 7) is 16.4. The van der Waals surface area contributed by atoms with Gasteiger partial charge in [0.05, 0.1) is 23.8 Å². The maximum absolute atomic E-state index is 12.8. The van der Waals surface area contributed by atoms with Crippen molar-refractivity contribution in [1.29, 1.82) is 0 Å². The SMILES string of the molecule is C=C(OC(C)(C)C)N1CC2(CCN2CC[C@]2(C(=O)O)C[C@H](O)[C@@H](NC(C)=O)[C@H]([C@H](O)[C@H](O)CNC(=O)c3cc(C)c(O)c(C)c3)O2)C1. The second-order valence-corrected chi connectivity index (χ2v) is 14.3. The average Bonchev–Trinajstić information content (AvgIpc) is 2.92. The highest BCUT2D eigenvalue weighted by molar-refractivity contribution is 5.94. The second-order valence-electron chi connectivity index (χ2n) is 14.3. The fourth-order valence-electron chi connectivity index (χ4n) is 6.76. The predicted octanol–water partition coefficient (Wildman–Crippen LogP) is 0.375. The molecule has 3 saturated heterocycles. The molecule has 2 amide bonds. The van der Waals surface area contributed by atoms with Crippen molar-refractivity contribution >= 4 is 17.8 Å². The number of aliphatic hydroxyl groups is 3. The Morgan fingerprint density at radius 1 is 1.17 bits per heavy atom. The van der Waals surface area contributed by atoms with Crippen molar-refractivity contribution in [1.82, 2.24) is 20.4 Å². The lowest BCUT2D eigenvalue weighted by Gasteiger charge is -2.63. The number of amides is 2. The number of rotatable bonds is 12. The standard InChI is InChI=1S/C33H50N4O10/c1-18-12-22(13-19(2)26(18)41)29(43)34-15-24(40)27(42)28-25(35-20(3)38)23(39)14-33(47-28,30(44)45)9-11-37-10-8-32(37)16-36(17-32)21(4)46-31(5,6)7/h12-13,23-25,27-28,39-42H,4,8-11,14-17H2,1-3,5-7H3,(H,34,43)(H,35,38)(H,44,45)/t23-,24+,25+,27+,28+,33+/m0/s1. The third-order valence-corrected chi connectivity index (χ3v) is 9.44. The van der Waals surface area contributed by atoms with E-state index in [0.717, 1.165) is 13.0 Å². The van der Waals surface area contributed by atoms with E-state index in [-0.39, 0.29) is 35.3 Å². The summed E-state index contributed by atoms with van der Waals surface area (Å²) in [7, 11) is 0. The van der Waals surface area contributed by atoms with E-state index in [4.69, 9.17) is 9.47 Å². The first-order valence-corrected chi connectivity index (χ1v) is 16.0. The third kappa shape index (κ3) is 7.83. The van der Waals surface area contributed by atoms with Crippen molar-refractivity contribution in [3.8, 4) is 5.75 Å². The number of aromatic hydroxyl groups is 1. The zero-order valence-corrected chi connectivity index (χ0v) is 28.1. The van der Waals surface area contributed by atoms with Crippen LogP contribution in [0.5, 0.6) is 5.75 Å². The number of aliphatic hydroxyl groups excluding tert-OH is 3. The van der Waals surface area contributed by atoms with E-state index >= 15 is 0 Å². The molecule has 0 unspecified atom stereocenters. The van der Waals surface area contributed by atoms with Crippen LogP contribution in [0.2, 0.25) is 0 Å². The van der Waals surface area contributed by atoms with Crippen molar-refractivity contribution in [3.05, 3.63) is 41.3 Å². The van der Waals surface area contributed by atoms with E-state index in [0.29, 0.717) is 36.6 Å². The molecule has 1 spiro atoms. The number of aliphatic carboxylic acids is 1. The zero-order chi connectivity index (χ0) is 35.1. The zero-order valence-electron chi connectivity index (χ0n) is 28.1. The van der Waals surface area contributed by atoms with Crippen molar-refractivity contribution in [2.45, 2.75) is 108 Å². The number of likely N-dealkylation sites (tertiary alicyclic amines) is 2. The van der Waals surface area contributed by atoms with Gasteiger partial charge < -0.3 is 50.5 Å². The summed E-state index contributed by atoms with van der Waals surface area (Å²) in [5.74, 6) is -1.82. The smallest absolute Gasteiger partial charge is 0.336 e. The first kappa shape index (κ1) is 36.4. The monoisotopic (exact) mass is 662 g/mol. The predicted molar refractivity (Wildman–Crippen MR) is 170 cm³/mol. The lowest BCUT2D eigenvalue weighted by Crippen LogP contribution is -2.77. The van der Waals surface area contributed by atoms with Crippen LogP contribution in [0.4, 0.5) is 0 Å². The van der Waals surface area contributed by atoms with Gasteiger partial charge in [-0.05, 0) is 70.9 Å². The Labute approximate surface area is 275 Å². The Balaban J connectivity index is 1.44. The number of benzene rings is 1. The normalized spacial score (nSPS) is 26.8. The topological polar surface area (TPSA) is 201 Å². The molecule has 0 saturated carbocycles. The second kappa shape index (κ2) is 13.6. The van der Waals surface area contributed by atoms with E-state index in [2.05, 4.69) is 22.1 Å². The molecule has 4 rings (SSSR count). The summed E-state index contributed by atoms with van der Waals surface area (Å²) in [5.41, 5.74) is -1.26. The minimum absolute atomic E-state index is 0.0248. The van der Waals surface area contributed by atoms with Crippen LogP contribution in [0.15, 0.2) is 24.6 Å². The van der Waals surface area contributed by atoms with Gasteiger partial charge in [-0.1, -0.05) is 0 Å². The molecule has 3 aliphatic heterocycles. The van der Waals surface area contributed by atoms with Gasteiger partial charge in [-0.3, -0.25) is 14.5 Å². The Kier molecular flexibility index (Phi) is 10.5. The number of carbonyl (C=O) groups excluding carboxylic acids is 2. The average molecular weight is 663 g/mol. The van der Waals surface area contributed by atoms with Crippen LogP contribution in [0.1, 0.15) is 68.4 Å². The first-order chi connectivity index (χ1) is 21.8. The van der Waals surface area contributed by atoms with Gasteiger partial charge in [-0.15, -0.1) is 0 Å². The molecule has 0 bridgehead atoms. The van der Waals surface area contributed by atoms with Crippen molar-refractivity contribution in [2.24, 2.45) is 0 Å². The molecule has 262 valence electrons. The van der Waals surface area contributed by atoms with Gasteiger partial charge in [0.2, 0.25) is 5.91 Å². The van der Waals surface area contributed by atoms with Gasteiger partial charge in [-0.2, -0.15) is 0 Å². The number of hydrogen-bond donors (Lipinski definition) is 7. The number of carboxylic acid groups (broad SMARTS) is 1. The van der Waals surface area contributed by atoms with Crippen LogP contribution in [0.3, 0.4) is 0 Å². The number of nitrogens with one attached hydrogen (secondary N) is 2. The van der Waals surface area contributed by atoms with Gasteiger partial charge in [0, 0.05) is 58.1 Å². The summed E-state index contributed by atoms with van der Waals surface area (Å²) in [6, 6.07) is 1.73. The number of phenolic OH excluding ortho intramolecular Hbond substituents is 1. The molecule has 3 fully saturated rings. The fraction of sp³-hybridized carbons (Fsp3) is 0.667. The minimum atomic E-state index is -1.93. The number of hydrogen-bond acceptors (Lipinski definition) is 11. The van der Waals surface area contributed by atoms with E-state index in [1.165, 1.54) is 19.1 Å². The van der Waals surface area contributed by atoms with Crippen molar-refractivity contribution < 1.29 is 49.4 Å². The molecule has 7 N–H and O–H groups in total. The summed E-state index contributed by atoms with van der Waals surface area (Å²) in [4.78, 5) is 41.8. The van der Waals surface area contributed by atoms with Crippen LogP contribution in [-0.4, -0.2) is 133 Å². The molecule has 3 heterocycles. The summed E-state index contributed by atoms with van der Waals surface area (Å²) < 4.78 is 12.0. The molecule has 14 heteroatoms. The molecule has 14 nitrogen and oxygen atoms in total. The van der Waals surface area contributed by atoms with Crippen LogP contribution >= 0.6 is 0 Å². The Hall–Kier alpha value is -3.43. The quantitative estimate of drug-likeness (QED) is 0.152. The molecule has 0 aromatic heterocycles. The Morgan fingerprint density at radius 3 is 2.30 bits per heavy atom. The van der Waals surface area contributed by atoms with Crippen molar-refractivity contribution in [3.63, 3.8) is 0 Å². The summed E-state index contributed by atoms with van der Waals surface area (Å²) >= 11 is 0. The van der Waals surface area contributed by atoms with Gasteiger partial charge in [0.25, 0.3) is 5.91 Å². The van der Waals surface area contributed by atoms with Gasteiger partial charge in [0.1, 0.15) is 23.6 Å². The van der Waals surface area contributed by atoms with Gasteiger partial charge >= 0.3 is 5.97 Å². The van der Waals surface area contributed by atoms with E-state index in [9.17, 15) is 39.9 Å². The molecule has 6 atom stereocenters. The van der Waals surface area contributed by atoms with E-state index in [1.807, 2.05) is 25.7 Å². The molecule has 3 aliphatic rings. The Morgan fingerprint density at radius 2 is 1.79 bits per heavy atom. The number of ether oxygens (including phenoxy) is 2. The number of aryl methyl sites for hydroxylation is 2. The lowest BCUT2D eigenvalue weighted by molar-refractivity contribution is -0.232. The van der Waals surface area contributed by atoms with Crippen molar-refractivity contribution in [2.75, 3.05) is 32.7 Å². The minimum Gasteiger partial charge on any atom is -0.507 e. The van der Waals surface area contributed by atoms with Gasteiger partial charge in [-0.25, -0.2) is 4.79 Å². The summed E-state index contributed by atoms with van der Waals surface area (Å²) in [5, 5.41) is 58.8. The molecular formula is C33H50N4O10. The van der Waals surface area contributed by atoms with Crippen LogP contribution < -0.4 is 10.6 Å². The molecule has 0 aliphatic carbocycles. The maximum atomic E-state index is 12.8. The largest absolute Gasteiger partial charge is 0.507 e. The lowest BCUT2D eigenvalue weighted by atomic mass is 9.76. The van der Waals surface area contributed by atoms with Crippen LogP contribution in [0.25, 0.3) is 0 Å². The van der Waals surface area contributed by atoms with Crippen LogP contribution in [-0.2, 0) is 19.1 Å². The molecule has 1 aromatic carbocycles. The molecule has 47 heavy (non-hydrogen) atoms. The fourth-order valence-corrected chi connectivity index (χ4v) is 6.76. The van der Waals surface area contributed by atoms with Crippen LogP contribution in [0, 0.1) is 13.8 Å².